The minimum Gasteiger partial charge on any atom is -0.447 e. The van der Waals surface area contributed by atoms with Crippen molar-refractivity contribution in [3.05, 3.63) is 17.7 Å². The molecule has 1 aromatic heterocycles. The smallest absolute Gasteiger partial charge is 0.410 e. The summed E-state index contributed by atoms with van der Waals surface area (Å²) in [5.74, 6) is 0.537. The van der Waals surface area contributed by atoms with E-state index in [4.69, 9.17) is 4.74 Å². The second-order valence-corrected chi connectivity index (χ2v) is 9.49. The van der Waals surface area contributed by atoms with Crippen LogP contribution >= 0.6 is 0 Å². The molecule has 2 saturated heterocycles. The number of carbonyl (C=O) groups is 2. The van der Waals surface area contributed by atoms with Crippen LogP contribution in [0.5, 0.6) is 0 Å². The van der Waals surface area contributed by atoms with E-state index in [1.807, 2.05) is 4.57 Å². The molecule has 1 atom stereocenters. The molecule has 3 aliphatic heterocycles. The summed E-state index contributed by atoms with van der Waals surface area (Å²) in [6.07, 6.45) is 1.83. The molecule has 0 radical (unpaired) electrons. The van der Waals surface area contributed by atoms with Crippen LogP contribution in [0.2, 0.25) is 0 Å². The summed E-state index contributed by atoms with van der Waals surface area (Å²) in [6.45, 7) is 2.74. The zero-order valence-corrected chi connectivity index (χ0v) is 16.8. The number of ether oxygens (including phenoxy) is 1. The maximum atomic E-state index is 12.9. The van der Waals surface area contributed by atoms with Crippen molar-refractivity contribution in [2.24, 2.45) is 0 Å². The SMILES string of the molecule is CN(C)S(=O)(=O)N1CCc2nc(C(=O)N3CCN4C(=O)OCC4C3)cn2CC1. The lowest BCUT2D eigenvalue weighted by Crippen LogP contribution is -2.53. The predicted molar refractivity (Wildman–Crippen MR) is 97.9 cm³/mol. The van der Waals surface area contributed by atoms with E-state index in [2.05, 4.69) is 4.98 Å². The first-order valence-electron chi connectivity index (χ1n) is 9.23. The number of carbonyl (C=O) groups excluding carboxylic acids is 2. The molecular weight excluding hydrogens is 388 g/mol. The standard InChI is InChI=1S/C16H24N6O5S/c1-18(2)28(25,26)21-4-3-14-17-13(10-19(14)5-7-21)15(23)20-6-8-22-12(9-20)11-27-16(22)24/h10,12H,3-9,11H2,1-2H3. The number of hydrogen-bond donors (Lipinski definition) is 0. The van der Waals surface area contributed by atoms with Gasteiger partial charge in [-0.25, -0.2) is 9.78 Å². The third-order valence-corrected chi connectivity index (χ3v) is 7.39. The van der Waals surface area contributed by atoms with Crippen LogP contribution in [0, 0.1) is 0 Å². The lowest BCUT2D eigenvalue weighted by Gasteiger charge is -2.34. The van der Waals surface area contributed by atoms with Gasteiger partial charge in [0.05, 0.1) is 6.04 Å². The Morgan fingerprint density at radius 2 is 2.00 bits per heavy atom. The van der Waals surface area contributed by atoms with Crippen molar-refractivity contribution < 1.29 is 22.7 Å². The highest BCUT2D eigenvalue weighted by molar-refractivity contribution is 7.86. The minimum absolute atomic E-state index is 0.101. The maximum Gasteiger partial charge on any atom is 0.410 e. The van der Waals surface area contributed by atoms with Gasteiger partial charge in [0, 0.05) is 66.0 Å². The van der Waals surface area contributed by atoms with E-state index in [1.165, 1.54) is 22.7 Å². The molecule has 12 heteroatoms. The fraction of sp³-hybridized carbons (Fsp3) is 0.688. The zero-order valence-electron chi connectivity index (χ0n) is 15.9. The van der Waals surface area contributed by atoms with E-state index >= 15 is 0 Å². The van der Waals surface area contributed by atoms with Crippen LogP contribution < -0.4 is 0 Å². The highest BCUT2D eigenvalue weighted by Crippen LogP contribution is 2.20. The van der Waals surface area contributed by atoms with Crippen molar-refractivity contribution in [3.8, 4) is 0 Å². The van der Waals surface area contributed by atoms with Gasteiger partial charge >= 0.3 is 6.09 Å². The molecule has 3 aliphatic rings. The lowest BCUT2D eigenvalue weighted by molar-refractivity contribution is 0.0611. The molecule has 1 unspecified atom stereocenters. The zero-order chi connectivity index (χ0) is 20.1. The topological polar surface area (TPSA) is 108 Å². The number of cyclic esters (lactones) is 1. The molecule has 0 saturated carbocycles. The van der Waals surface area contributed by atoms with Crippen LogP contribution in [-0.2, 0) is 27.9 Å². The van der Waals surface area contributed by atoms with Crippen LogP contribution in [0.25, 0.3) is 0 Å². The van der Waals surface area contributed by atoms with E-state index in [-0.39, 0.29) is 18.0 Å². The fourth-order valence-electron chi connectivity index (χ4n) is 3.80. The van der Waals surface area contributed by atoms with Crippen LogP contribution in [0.15, 0.2) is 6.20 Å². The highest BCUT2D eigenvalue weighted by atomic mass is 32.2. The van der Waals surface area contributed by atoms with Crippen molar-refractivity contribution in [1.82, 2.24) is 28.0 Å². The number of fused-ring (bicyclic) bond motifs is 2. The van der Waals surface area contributed by atoms with Gasteiger partial charge in [-0.1, -0.05) is 0 Å². The fourth-order valence-corrected chi connectivity index (χ4v) is 4.90. The van der Waals surface area contributed by atoms with E-state index in [9.17, 15) is 18.0 Å². The summed E-state index contributed by atoms with van der Waals surface area (Å²) in [5.41, 5.74) is 0.359. The highest BCUT2D eigenvalue weighted by Gasteiger charge is 2.39. The monoisotopic (exact) mass is 412 g/mol. The Morgan fingerprint density at radius 3 is 2.75 bits per heavy atom. The number of amides is 2. The van der Waals surface area contributed by atoms with Gasteiger partial charge in [-0.2, -0.15) is 17.0 Å². The summed E-state index contributed by atoms with van der Waals surface area (Å²) in [4.78, 5) is 32.3. The summed E-state index contributed by atoms with van der Waals surface area (Å²) in [7, 11) is -0.445. The van der Waals surface area contributed by atoms with Gasteiger partial charge in [0.1, 0.15) is 18.1 Å². The Bertz CT molecular complexity index is 872. The largest absolute Gasteiger partial charge is 0.447 e. The molecule has 0 aliphatic carbocycles. The molecule has 1 aromatic rings. The Labute approximate surface area is 163 Å². The second-order valence-electron chi connectivity index (χ2n) is 7.35. The molecule has 154 valence electrons. The average molecular weight is 412 g/mol. The Balaban J connectivity index is 1.44. The molecule has 0 bridgehead atoms. The molecule has 2 fully saturated rings. The van der Waals surface area contributed by atoms with Crippen molar-refractivity contribution in [3.63, 3.8) is 0 Å². The normalized spacial score (nSPS) is 23.4. The Kier molecular flexibility index (Phi) is 4.79. The Hall–Kier alpha value is -2.18. The number of rotatable bonds is 3. The average Bonchev–Trinajstić information content (AvgIpc) is 3.18. The van der Waals surface area contributed by atoms with Crippen molar-refractivity contribution in [2.75, 3.05) is 53.4 Å². The number of aromatic nitrogens is 2. The second kappa shape index (κ2) is 7.01. The molecule has 28 heavy (non-hydrogen) atoms. The van der Waals surface area contributed by atoms with Gasteiger partial charge in [0.15, 0.2) is 0 Å². The summed E-state index contributed by atoms with van der Waals surface area (Å²) >= 11 is 0. The molecule has 4 heterocycles. The lowest BCUT2D eigenvalue weighted by atomic mass is 10.2. The van der Waals surface area contributed by atoms with Crippen LogP contribution in [0.3, 0.4) is 0 Å². The molecule has 4 rings (SSSR count). The number of nitrogens with zero attached hydrogens (tertiary/aromatic N) is 6. The third-order valence-electron chi connectivity index (χ3n) is 5.44. The molecule has 0 N–H and O–H groups in total. The number of imidazole rings is 1. The van der Waals surface area contributed by atoms with E-state index in [1.54, 1.807) is 16.0 Å². The first-order chi connectivity index (χ1) is 13.3. The van der Waals surface area contributed by atoms with Crippen molar-refractivity contribution >= 4 is 22.2 Å². The van der Waals surface area contributed by atoms with Gasteiger partial charge in [0.2, 0.25) is 0 Å². The summed E-state index contributed by atoms with van der Waals surface area (Å²) in [6, 6.07) is -0.101. The van der Waals surface area contributed by atoms with Gasteiger partial charge < -0.3 is 14.2 Å². The minimum atomic E-state index is -3.47. The molecular formula is C16H24N6O5S. The quantitative estimate of drug-likeness (QED) is 0.619. The summed E-state index contributed by atoms with van der Waals surface area (Å²) < 4.78 is 34.2. The van der Waals surface area contributed by atoms with Gasteiger partial charge in [0.25, 0.3) is 16.1 Å². The maximum absolute atomic E-state index is 12.9. The predicted octanol–water partition coefficient (Wildman–Crippen LogP) is -1.18. The van der Waals surface area contributed by atoms with Gasteiger partial charge in [-0.15, -0.1) is 0 Å². The van der Waals surface area contributed by atoms with Gasteiger partial charge in [-0.05, 0) is 0 Å². The van der Waals surface area contributed by atoms with Crippen molar-refractivity contribution in [2.45, 2.75) is 19.0 Å². The van der Waals surface area contributed by atoms with Crippen molar-refractivity contribution in [1.29, 1.82) is 0 Å². The number of piperazine rings is 1. The first-order valence-corrected chi connectivity index (χ1v) is 10.6. The summed E-state index contributed by atoms with van der Waals surface area (Å²) in [5, 5.41) is 0. The van der Waals surface area contributed by atoms with E-state index in [0.717, 1.165) is 0 Å². The van der Waals surface area contributed by atoms with Crippen LogP contribution in [0.4, 0.5) is 4.79 Å². The molecule has 0 aromatic carbocycles. The third kappa shape index (κ3) is 3.25. The van der Waals surface area contributed by atoms with E-state index < -0.39 is 10.2 Å². The van der Waals surface area contributed by atoms with Crippen LogP contribution in [-0.4, -0.2) is 108 Å². The molecule has 0 spiro atoms. The van der Waals surface area contributed by atoms with Gasteiger partial charge in [-0.3, -0.25) is 9.69 Å². The van der Waals surface area contributed by atoms with Crippen LogP contribution in [0.1, 0.15) is 16.3 Å². The van der Waals surface area contributed by atoms with E-state index in [0.29, 0.717) is 63.8 Å². The number of hydrogen-bond acceptors (Lipinski definition) is 6. The molecule has 11 nitrogen and oxygen atoms in total. The first kappa shape index (κ1) is 19.2. The molecule has 2 amide bonds. The Morgan fingerprint density at radius 1 is 1.21 bits per heavy atom.